The SMILES string of the molecule is CCOC(=O)[C@H]1CCCN(C(=O)c2cc(-c3ccc(OC)cc3OC)n[nH]2)C1. The van der Waals surface area contributed by atoms with Gasteiger partial charge in [0.1, 0.15) is 17.2 Å². The molecular weight excluding hydrogens is 362 g/mol. The van der Waals surface area contributed by atoms with Gasteiger partial charge in [0.2, 0.25) is 0 Å². The standard InChI is InChI=1S/C20H25N3O5/c1-4-28-20(25)13-6-5-9-23(12-13)19(24)17-11-16(21-22-17)15-8-7-14(26-2)10-18(15)27-3/h7-8,10-11,13H,4-6,9,12H2,1-3H3,(H,21,22)/t13-/m0/s1. The Morgan fingerprint density at radius 2 is 2.07 bits per heavy atom. The fourth-order valence-electron chi connectivity index (χ4n) is 3.36. The van der Waals surface area contributed by atoms with Crippen LogP contribution in [-0.4, -0.2) is 60.9 Å². The minimum absolute atomic E-state index is 0.180. The van der Waals surface area contributed by atoms with Crippen molar-refractivity contribution in [3.8, 4) is 22.8 Å². The van der Waals surface area contributed by atoms with Gasteiger partial charge in [-0.25, -0.2) is 0 Å². The van der Waals surface area contributed by atoms with Gasteiger partial charge >= 0.3 is 5.97 Å². The number of piperidine rings is 1. The number of nitrogens with one attached hydrogen (secondary N) is 1. The highest BCUT2D eigenvalue weighted by molar-refractivity contribution is 5.94. The molecule has 8 nitrogen and oxygen atoms in total. The van der Waals surface area contributed by atoms with Crippen LogP contribution in [0.15, 0.2) is 24.3 Å². The zero-order chi connectivity index (χ0) is 20.1. The highest BCUT2D eigenvalue weighted by Crippen LogP contribution is 2.32. The first-order valence-corrected chi connectivity index (χ1v) is 9.31. The normalized spacial score (nSPS) is 16.5. The number of esters is 1. The molecule has 2 aromatic rings. The Balaban J connectivity index is 1.76. The van der Waals surface area contributed by atoms with E-state index in [-0.39, 0.29) is 17.8 Å². The highest BCUT2D eigenvalue weighted by atomic mass is 16.5. The number of carbonyl (C=O) groups is 2. The van der Waals surface area contributed by atoms with Gasteiger partial charge in [-0.1, -0.05) is 0 Å². The smallest absolute Gasteiger partial charge is 0.310 e. The molecule has 1 aliphatic rings. The lowest BCUT2D eigenvalue weighted by Crippen LogP contribution is -2.43. The Morgan fingerprint density at radius 1 is 1.25 bits per heavy atom. The summed E-state index contributed by atoms with van der Waals surface area (Å²) in [7, 11) is 3.15. The molecule has 1 atom stereocenters. The van der Waals surface area contributed by atoms with Crippen molar-refractivity contribution < 1.29 is 23.8 Å². The number of nitrogens with zero attached hydrogens (tertiary/aromatic N) is 2. The molecular formula is C20H25N3O5. The van der Waals surface area contributed by atoms with Gasteiger partial charge in [0.15, 0.2) is 0 Å². The number of hydrogen-bond acceptors (Lipinski definition) is 6. The second kappa shape index (κ2) is 8.77. The van der Waals surface area contributed by atoms with Gasteiger partial charge in [-0.15, -0.1) is 0 Å². The number of carbonyl (C=O) groups excluding carboxylic acids is 2. The van der Waals surface area contributed by atoms with Crippen LogP contribution in [0.5, 0.6) is 11.5 Å². The van der Waals surface area contributed by atoms with Crippen LogP contribution in [0.2, 0.25) is 0 Å². The maximum atomic E-state index is 12.9. The quantitative estimate of drug-likeness (QED) is 0.766. The van der Waals surface area contributed by atoms with E-state index in [2.05, 4.69) is 10.2 Å². The Morgan fingerprint density at radius 3 is 2.79 bits per heavy atom. The number of aromatic amines is 1. The Bertz CT molecular complexity index is 848. The summed E-state index contributed by atoms with van der Waals surface area (Å²) in [6.07, 6.45) is 1.50. The van der Waals surface area contributed by atoms with Gasteiger partial charge in [-0.05, 0) is 38.0 Å². The van der Waals surface area contributed by atoms with Gasteiger partial charge in [0, 0.05) is 24.7 Å². The van der Waals surface area contributed by atoms with Crippen molar-refractivity contribution in [1.29, 1.82) is 0 Å². The number of benzene rings is 1. The van der Waals surface area contributed by atoms with E-state index in [1.54, 1.807) is 38.2 Å². The second-order valence-corrected chi connectivity index (χ2v) is 6.58. The number of likely N-dealkylation sites (tertiary alicyclic amines) is 1. The number of amides is 1. The minimum atomic E-state index is -0.276. The lowest BCUT2D eigenvalue weighted by Gasteiger charge is -2.31. The lowest BCUT2D eigenvalue weighted by atomic mass is 9.98. The highest BCUT2D eigenvalue weighted by Gasteiger charge is 2.30. The summed E-state index contributed by atoms with van der Waals surface area (Å²) in [5, 5.41) is 7.07. The molecule has 1 saturated heterocycles. The number of ether oxygens (including phenoxy) is 3. The third-order valence-electron chi connectivity index (χ3n) is 4.82. The largest absolute Gasteiger partial charge is 0.497 e. The fourth-order valence-corrected chi connectivity index (χ4v) is 3.36. The number of methoxy groups -OCH3 is 2. The summed E-state index contributed by atoms with van der Waals surface area (Å²) in [4.78, 5) is 26.6. The maximum absolute atomic E-state index is 12.9. The lowest BCUT2D eigenvalue weighted by molar-refractivity contribution is -0.149. The van der Waals surface area contributed by atoms with Gasteiger partial charge in [-0.2, -0.15) is 5.10 Å². The van der Waals surface area contributed by atoms with E-state index in [1.807, 2.05) is 12.1 Å². The van der Waals surface area contributed by atoms with Crippen LogP contribution >= 0.6 is 0 Å². The molecule has 0 saturated carbocycles. The van der Waals surface area contributed by atoms with Crippen molar-refractivity contribution in [3.05, 3.63) is 30.0 Å². The van der Waals surface area contributed by atoms with Gasteiger partial charge in [0.25, 0.3) is 5.91 Å². The summed E-state index contributed by atoms with van der Waals surface area (Å²) in [5.74, 6) is 0.575. The summed E-state index contributed by atoms with van der Waals surface area (Å²) >= 11 is 0. The monoisotopic (exact) mass is 387 g/mol. The number of aromatic nitrogens is 2. The third-order valence-corrected chi connectivity index (χ3v) is 4.82. The zero-order valence-electron chi connectivity index (χ0n) is 16.4. The van der Waals surface area contributed by atoms with Crippen molar-refractivity contribution in [2.24, 2.45) is 5.92 Å². The fraction of sp³-hybridized carbons (Fsp3) is 0.450. The third kappa shape index (κ3) is 4.11. The van der Waals surface area contributed by atoms with Crippen molar-refractivity contribution in [2.45, 2.75) is 19.8 Å². The van der Waals surface area contributed by atoms with Crippen molar-refractivity contribution in [3.63, 3.8) is 0 Å². The van der Waals surface area contributed by atoms with E-state index in [0.29, 0.717) is 42.6 Å². The molecule has 1 aliphatic heterocycles. The average Bonchev–Trinajstić information content (AvgIpc) is 3.23. The van der Waals surface area contributed by atoms with Crippen LogP contribution in [0, 0.1) is 5.92 Å². The molecule has 1 aromatic carbocycles. The van der Waals surface area contributed by atoms with Gasteiger partial charge < -0.3 is 19.1 Å². The molecule has 0 bridgehead atoms. The molecule has 0 aliphatic carbocycles. The molecule has 150 valence electrons. The van der Waals surface area contributed by atoms with E-state index in [1.165, 1.54) is 0 Å². The number of hydrogen-bond donors (Lipinski definition) is 1. The molecule has 28 heavy (non-hydrogen) atoms. The number of H-pyrrole nitrogens is 1. The summed E-state index contributed by atoms with van der Waals surface area (Å²) in [6.45, 7) is 3.09. The molecule has 0 radical (unpaired) electrons. The first-order chi connectivity index (χ1) is 13.6. The molecule has 1 fully saturated rings. The summed E-state index contributed by atoms with van der Waals surface area (Å²) in [5.41, 5.74) is 1.72. The molecule has 1 amide bonds. The molecule has 3 rings (SSSR count). The Kier molecular flexibility index (Phi) is 6.18. The molecule has 0 unspecified atom stereocenters. The van der Waals surface area contributed by atoms with Crippen LogP contribution in [0.4, 0.5) is 0 Å². The molecule has 0 spiro atoms. The Hall–Kier alpha value is -3.03. The first-order valence-electron chi connectivity index (χ1n) is 9.31. The van der Waals surface area contributed by atoms with E-state index in [9.17, 15) is 9.59 Å². The van der Waals surface area contributed by atoms with Gasteiger partial charge in [-0.3, -0.25) is 14.7 Å². The van der Waals surface area contributed by atoms with E-state index in [4.69, 9.17) is 14.2 Å². The summed E-state index contributed by atoms with van der Waals surface area (Å²) < 4.78 is 15.7. The van der Waals surface area contributed by atoms with Crippen LogP contribution in [0.25, 0.3) is 11.3 Å². The number of rotatable bonds is 6. The van der Waals surface area contributed by atoms with Crippen molar-refractivity contribution in [2.75, 3.05) is 33.9 Å². The van der Waals surface area contributed by atoms with E-state index >= 15 is 0 Å². The topological polar surface area (TPSA) is 93.8 Å². The second-order valence-electron chi connectivity index (χ2n) is 6.58. The molecule has 8 heteroatoms. The van der Waals surface area contributed by atoms with E-state index < -0.39 is 0 Å². The van der Waals surface area contributed by atoms with Crippen LogP contribution in [-0.2, 0) is 9.53 Å². The van der Waals surface area contributed by atoms with Crippen molar-refractivity contribution in [1.82, 2.24) is 15.1 Å². The molecule has 1 N–H and O–H groups in total. The van der Waals surface area contributed by atoms with Crippen molar-refractivity contribution >= 4 is 11.9 Å². The first kappa shape index (κ1) is 19.7. The zero-order valence-corrected chi connectivity index (χ0v) is 16.4. The Labute approximate surface area is 163 Å². The minimum Gasteiger partial charge on any atom is -0.497 e. The van der Waals surface area contributed by atoms with Crippen LogP contribution < -0.4 is 9.47 Å². The molecule has 1 aromatic heterocycles. The summed E-state index contributed by atoms with van der Waals surface area (Å²) in [6, 6.07) is 7.10. The van der Waals surface area contributed by atoms with Crippen LogP contribution in [0.3, 0.4) is 0 Å². The predicted molar refractivity (Wildman–Crippen MR) is 102 cm³/mol. The van der Waals surface area contributed by atoms with Crippen LogP contribution in [0.1, 0.15) is 30.3 Å². The van der Waals surface area contributed by atoms with E-state index in [0.717, 1.165) is 18.4 Å². The van der Waals surface area contributed by atoms with Gasteiger partial charge in [0.05, 0.1) is 32.4 Å². The average molecular weight is 387 g/mol. The maximum Gasteiger partial charge on any atom is 0.310 e. The molecule has 2 heterocycles. The predicted octanol–water partition coefficient (Wildman–Crippen LogP) is 2.51.